The number of aromatic nitrogens is 2. The van der Waals surface area contributed by atoms with E-state index in [4.69, 9.17) is 5.73 Å². The molecule has 0 radical (unpaired) electrons. The second-order valence-electron chi connectivity index (χ2n) is 4.75. The maximum Gasteiger partial charge on any atom is 0.124 e. The van der Waals surface area contributed by atoms with E-state index in [0.29, 0.717) is 5.82 Å². The largest absolute Gasteiger partial charge is 0.384 e. The Bertz CT molecular complexity index is 508. The maximum absolute atomic E-state index is 5.85. The van der Waals surface area contributed by atoms with Gasteiger partial charge in [0.25, 0.3) is 0 Å². The summed E-state index contributed by atoms with van der Waals surface area (Å²) in [4.78, 5) is 8.64. The monoisotopic (exact) mass is 243 g/mol. The van der Waals surface area contributed by atoms with Crippen molar-refractivity contribution in [3.8, 4) is 0 Å². The van der Waals surface area contributed by atoms with Crippen LogP contribution in [0.15, 0.2) is 24.5 Å². The first-order valence-electron chi connectivity index (χ1n) is 6.80. The van der Waals surface area contributed by atoms with E-state index in [1.807, 2.05) is 18.3 Å². The predicted octanol–water partition coefficient (Wildman–Crippen LogP) is 3.72. The molecule has 96 valence electrons. The highest BCUT2D eigenvalue weighted by molar-refractivity contribution is 5.85. The van der Waals surface area contributed by atoms with Crippen molar-refractivity contribution < 1.29 is 0 Å². The fourth-order valence-electron chi connectivity index (χ4n) is 2.27. The molecule has 3 nitrogen and oxygen atoms in total. The van der Waals surface area contributed by atoms with Gasteiger partial charge in [0.1, 0.15) is 5.82 Å². The number of nitrogens with zero attached hydrogens (tertiary/aromatic N) is 2. The highest BCUT2D eigenvalue weighted by Gasteiger charge is 2.04. The molecule has 0 spiro atoms. The van der Waals surface area contributed by atoms with E-state index < -0.39 is 0 Å². The molecule has 0 aliphatic carbocycles. The second kappa shape index (κ2) is 6.34. The number of nitrogens with two attached hydrogens (primary N) is 1. The molecule has 2 heterocycles. The van der Waals surface area contributed by atoms with Crippen molar-refractivity contribution in [2.75, 3.05) is 5.73 Å². The van der Waals surface area contributed by atoms with Gasteiger partial charge < -0.3 is 5.73 Å². The Labute approximate surface area is 108 Å². The van der Waals surface area contributed by atoms with Gasteiger partial charge in [-0.15, -0.1) is 0 Å². The SMILES string of the molecule is CCCCCCCc1nc(N)cc2ccncc12. The minimum atomic E-state index is 0.609. The third-order valence-electron chi connectivity index (χ3n) is 3.25. The smallest absolute Gasteiger partial charge is 0.124 e. The average Bonchev–Trinajstić information content (AvgIpc) is 2.38. The number of anilines is 1. The van der Waals surface area contributed by atoms with Gasteiger partial charge in [0.05, 0.1) is 5.69 Å². The quantitative estimate of drug-likeness (QED) is 0.786. The van der Waals surface area contributed by atoms with E-state index in [1.165, 1.54) is 32.1 Å². The van der Waals surface area contributed by atoms with Gasteiger partial charge in [0.2, 0.25) is 0 Å². The van der Waals surface area contributed by atoms with Crippen molar-refractivity contribution in [1.82, 2.24) is 9.97 Å². The summed E-state index contributed by atoms with van der Waals surface area (Å²) >= 11 is 0. The van der Waals surface area contributed by atoms with Gasteiger partial charge in [-0.3, -0.25) is 4.98 Å². The zero-order valence-corrected chi connectivity index (χ0v) is 11.0. The number of rotatable bonds is 6. The lowest BCUT2D eigenvalue weighted by atomic mass is 10.1. The molecule has 18 heavy (non-hydrogen) atoms. The van der Waals surface area contributed by atoms with Crippen LogP contribution in [0.5, 0.6) is 0 Å². The first-order chi connectivity index (χ1) is 8.81. The number of hydrogen-bond acceptors (Lipinski definition) is 3. The molecule has 3 heteroatoms. The van der Waals surface area contributed by atoms with Crippen molar-refractivity contribution in [3.63, 3.8) is 0 Å². The normalized spacial score (nSPS) is 10.9. The molecular formula is C15H21N3. The van der Waals surface area contributed by atoms with E-state index in [2.05, 4.69) is 16.9 Å². The zero-order valence-electron chi connectivity index (χ0n) is 11.0. The van der Waals surface area contributed by atoms with E-state index in [1.54, 1.807) is 6.20 Å². The highest BCUT2D eigenvalue weighted by atomic mass is 14.8. The number of nitrogen functional groups attached to an aromatic ring is 1. The van der Waals surface area contributed by atoms with E-state index in [-0.39, 0.29) is 0 Å². The summed E-state index contributed by atoms with van der Waals surface area (Å²) in [7, 11) is 0. The Hall–Kier alpha value is -1.64. The van der Waals surface area contributed by atoms with Gasteiger partial charge in [-0.2, -0.15) is 0 Å². The minimum Gasteiger partial charge on any atom is -0.384 e. The molecule has 2 aromatic rings. The fraction of sp³-hybridized carbons (Fsp3) is 0.467. The van der Waals surface area contributed by atoms with E-state index >= 15 is 0 Å². The molecule has 0 aromatic carbocycles. The van der Waals surface area contributed by atoms with Crippen LogP contribution in [-0.2, 0) is 6.42 Å². The Morgan fingerprint density at radius 3 is 2.83 bits per heavy atom. The third kappa shape index (κ3) is 3.19. The Morgan fingerprint density at radius 2 is 2.00 bits per heavy atom. The third-order valence-corrected chi connectivity index (χ3v) is 3.25. The lowest BCUT2D eigenvalue weighted by molar-refractivity contribution is 0.629. The van der Waals surface area contributed by atoms with Crippen molar-refractivity contribution >= 4 is 16.6 Å². The molecule has 0 fully saturated rings. The summed E-state index contributed by atoms with van der Waals surface area (Å²) in [5, 5.41) is 2.28. The molecular weight excluding hydrogens is 222 g/mol. The lowest BCUT2D eigenvalue weighted by Crippen LogP contribution is -1.98. The molecule has 0 amide bonds. The van der Waals surface area contributed by atoms with Crippen molar-refractivity contribution in [1.29, 1.82) is 0 Å². The summed E-state index contributed by atoms with van der Waals surface area (Å²) in [5.41, 5.74) is 6.94. The van der Waals surface area contributed by atoms with Crippen LogP contribution in [0.4, 0.5) is 5.82 Å². The number of aryl methyl sites for hydroxylation is 1. The fourth-order valence-corrected chi connectivity index (χ4v) is 2.27. The molecule has 0 saturated heterocycles. The Morgan fingerprint density at radius 1 is 1.17 bits per heavy atom. The van der Waals surface area contributed by atoms with Crippen LogP contribution < -0.4 is 5.73 Å². The molecule has 2 N–H and O–H groups in total. The summed E-state index contributed by atoms with van der Waals surface area (Å²) in [6.07, 6.45) is 11.1. The first-order valence-corrected chi connectivity index (χ1v) is 6.80. The van der Waals surface area contributed by atoms with Crippen LogP contribution in [0.1, 0.15) is 44.7 Å². The van der Waals surface area contributed by atoms with Crippen molar-refractivity contribution in [2.45, 2.75) is 45.4 Å². The molecule has 0 atom stereocenters. The minimum absolute atomic E-state index is 0.609. The molecule has 0 bridgehead atoms. The van der Waals surface area contributed by atoms with E-state index in [0.717, 1.165) is 22.9 Å². The highest BCUT2D eigenvalue weighted by Crippen LogP contribution is 2.20. The van der Waals surface area contributed by atoms with Crippen LogP contribution in [0.25, 0.3) is 10.8 Å². The van der Waals surface area contributed by atoms with Crippen molar-refractivity contribution in [3.05, 3.63) is 30.2 Å². The van der Waals surface area contributed by atoms with E-state index in [9.17, 15) is 0 Å². The predicted molar refractivity (Wildman–Crippen MR) is 76.4 cm³/mol. The summed E-state index contributed by atoms with van der Waals surface area (Å²) in [6, 6.07) is 3.91. The van der Waals surface area contributed by atoms with Crippen LogP contribution >= 0.6 is 0 Å². The Kier molecular flexibility index (Phi) is 4.51. The van der Waals surface area contributed by atoms with Crippen molar-refractivity contribution in [2.24, 2.45) is 0 Å². The topological polar surface area (TPSA) is 51.8 Å². The maximum atomic E-state index is 5.85. The van der Waals surface area contributed by atoms with Gasteiger partial charge in [-0.05, 0) is 30.4 Å². The summed E-state index contributed by atoms with van der Waals surface area (Å²) < 4.78 is 0. The van der Waals surface area contributed by atoms with Crippen LogP contribution in [-0.4, -0.2) is 9.97 Å². The number of hydrogen-bond donors (Lipinski definition) is 1. The average molecular weight is 243 g/mol. The Balaban J connectivity index is 2.07. The first kappa shape index (κ1) is 12.8. The van der Waals surface area contributed by atoms with Gasteiger partial charge in [-0.25, -0.2) is 4.98 Å². The summed E-state index contributed by atoms with van der Waals surface area (Å²) in [6.45, 7) is 2.23. The standard InChI is InChI=1S/C15H21N3/c1-2-3-4-5-6-7-14-13-11-17-9-8-12(13)10-15(16)18-14/h8-11H,2-7H2,1H3,(H2,16,18). The molecule has 2 rings (SSSR count). The number of pyridine rings is 2. The van der Waals surface area contributed by atoms with Gasteiger partial charge in [0, 0.05) is 17.8 Å². The van der Waals surface area contributed by atoms with Crippen LogP contribution in [0, 0.1) is 0 Å². The number of unbranched alkanes of at least 4 members (excludes halogenated alkanes) is 4. The molecule has 2 aromatic heterocycles. The number of fused-ring (bicyclic) bond motifs is 1. The van der Waals surface area contributed by atoms with Crippen LogP contribution in [0.3, 0.4) is 0 Å². The molecule has 0 aliphatic rings. The zero-order chi connectivity index (χ0) is 12.8. The van der Waals surface area contributed by atoms with Gasteiger partial charge in [0.15, 0.2) is 0 Å². The molecule has 0 aliphatic heterocycles. The lowest BCUT2D eigenvalue weighted by Gasteiger charge is -2.06. The molecule has 0 saturated carbocycles. The second-order valence-corrected chi connectivity index (χ2v) is 4.75. The van der Waals surface area contributed by atoms with Gasteiger partial charge in [-0.1, -0.05) is 32.6 Å². The van der Waals surface area contributed by atoms with Crippen LogP contribution in [0.2, 0.25) is 0 Å². The van der Waals surface area contributed by atoms with Gasteiger partial charge >= 0.3 is 0 Å². The summed E-state index contributed by atoms with van der Waals surface area (Å²) in [5.74, 6) is 0.609. The molecule has 0 unspecified atom stereocenters.